The molecule has 0 radical (unpaired) electrons. The fourth-order valence-electron chi connectivity index (χ4n) is 3.94. The number of rotatable bonds is 7. The van der Waals surface area contributed by atoms with Gasteiger partial charge in [0.25, 0.3) is 0 Å². The van der Waals surface area contributed by atoms with Crippen LogP contribution in [0.1, 0.15) is 46.0 Å². The van der Waals surface area contributed by atoms with Crippen LogP contribution < -0.4 is 5.32 Å². The summed E-state index contributed by atoms with van der Waals surface area (Å²) < 4.78 is 5.16. The van der Waals surface area contributed by atoms with Crippen molar-refractivity contribution in [2.45, 2.75) is 46.0 Å². The Labute approximate surface area is 125 Å². The Morgan fingerprint density at radius 3 is 2.50 bits per heavy atom. The minimum Gasteiger partial charge on any atom is -0.383 e. The van der Waals surface area contributed by atoms with Gasteiger partial charge in [0.1, 0.15) is 0 Å². The second kappa shape index (κ2) is 7.77. The Bertz CT molecular complexity index is 274. The Morgan fingerprint density at radius 2 is 1.90 bits per heavy atom. The van der Waals surface area contributed by atoms with E-state index in [4.69, 9.17) is 4.74 Å². The molecule has 3 heteroatoms. The molecule has 20 heavy (non-hydrogen) atoms. The molecular formula is C17H34N2O. The van der Waals surface area contributed by atoms with E-state index in [1.165, 1.54) is 58.3 Å². The number of hydrogen-bond acceptors (Lipinski definition) is 3. The summed E-state index contributed by atoms with van der Waals surface area (Å²) in [6.45, 7) is 11.7. The van der Waals surface area contributed by atoms with Crippen LogP contribution in [0, 0.1) is 17.3 Å². The highest BCUT2D eigenvalue weighted by molar-refractivity contribution is 4.90. The van der Waals surface area contributed by atoms with Crippen molar-refractivity contribution >= 4 is 0 Å². The van der Waals surface area contributed by atoms with E-state index in [1.54, 1.807) is 7.11 Å². The molecule has 1 aliphatic carbocycles. The maximum atomic E-state index is 5.16. The fourth-order valence-corrected chi connectivity index (χ4v) is 3.94. The van der Waals surface area contributed by atoms with Crippen LogP contribution in [-0.4, -0.2) is 51.3 Å². The molecule has 2 fully saturated rings. The van der Waals surface area contributed by atoms with Crippen LogP contribution >= 0.6 is 0 Å². The summed E-state index contributed by atoms with van der Waals surface area (Å²) in [6.07, 6.45) is 7.02. The molecule has 2 rings (SSSR count). The van der Waals surface area contributed by atoms with Crippen LogP contribution in [0.5, 0.6) is 0 Å². The largest absolute Gasteiger partial charge is 0.383 e. The zero-order valence-electron chi connectivity index (χ0n) is 13.8. The van der Waals surface area contributed by atoms with Gasteiger partial charge in [-0.15, -0.1) is 0 Å². The van der Waals surface area contributed by atoms with E-state index in [1.807, 2.05) is 0 Å². The Balaban J connectivity index is 1.86. The molecular weight excluding hydrogens is 248 g/mol. The van der Waals surface area contributed by atoms with Gasteiger partial charge in [-0.1, -0.05) is 26.7 Å². The predicted molar refractivity (Wildman–Crippen MR) is 85.0 cm³/mol. The van der Waals surface area contributed by atoms with Gasteiger partial charge in [0.15, 0.2) is 0 Å². The molecule has 1 saturated carbocycles. The van der Waals surface area contributed by atoms with Crippen LogP contribution in [0.3, 0.4) is 0 Å². The smallest absolute Gasteiger partial charge is 0.0587 e. The normalized spacial score (nSPS) is 35.5. The lowest BCUT2D eigenvalue weighted by Gasteiger charge is -2.42. The second-order valence-corrected chi connectivity index (χ2v) is 7.48. The van der Waals surface area contributed by atoms with E-state index < -0.39 is 0 Å². The van der Waals surface area contributed by atoms with E-state index in [-0.39, 0.29) is 0 Å². The number of nitrogens with one attached hydrogen (secondary N) is 1. The lowest BCUT2D eigenvalue weighted by Crippen LogP contribution is -2.46. The van der Waals surface area contributed by atoms with Gasteiger partial charge in [0.05, 0.1) is 6.61 Å². The molecule has 1 saturated heterocycles. The van der Waals surface area contributed by atoms with E-state index in [0.29, 0.717) is 5.41 Å². The molecule has 0 aromatic rings. The summed E-state index contributed by atoms with van der Waals surface area (Å²) >= 11 is 0. The van der Waals surface area contributed by atoms with Crippen molar-refractivity contribution in [2.75, 3.05) is 46.4 Å². The summed E-state index contributed by atoms with van der Waals surface area (Å²) in [5, 5.41) is 3.65. The summed E-state index contributed by atoms with van der Waals surface area (Å²) in [5.74, 6) is 1.83. The van der Waals surface area contributed by atoms with Gasteiger partial charge in [-0.2, -0.15) is 0 Å². The molecule has 1 N–H and O–H groups in total. The lowest BCUT2D eigenvalue weighted by molar-refractivity contribution is 0.0935. The van der Waals surface area contributed by atoms with E-state index in [0.717, 1.165) is 25.0 Å². The molecule has 0 bridgehead atoms. The highest BCUT2D eigenvalue weighted by Crippen LogP contribution is 2.39. The van der Waals surface area contributed by atoms with Gasteiger partial charge < -0.3 is 15.0 Å². The highest BCUT2D eigenvalue weighted by atomic mass is 16.5. The second-order valence-electron chi connectivity index (χ2n) is 7.48. The van der Waals surface area contributed by atoms with Crippen molar-refractivity contribution in [3.05, 3.63) is 0 Å². The first kappa shape index (κ1) is 16.3. The van der Waals surface area contributed by atoms with Crippen molar-refractivity contribution in [1.29, 1.82) is 0 Å². The number of ether oxygens (including phenoxy) is 1. The third-order valence-electron chi connectivity index (χ3n) is 5.38. The average molecular weight is 282 g/mol. The third-order valence-corrected chi connectivity index (χ3v) is 5.38. The summed E-state index contributed by atoms with van der Waals surface area (Å²) in [4.78, 5) is 2.72. The Morgan fingerprint density at radius 1 is 1.15 bits per heavy atom. The third kappa shape index (κ3) is 4.71. The van der Waals surface area contributed by atoms with Gasteiger partial charge in [0.2, 0.25) is 0 Å². The molecule has 1 aliphatic heterocycles. The predicted octanol–water partition coefficient (Wildman–Crippen LogP) is 2.76. The minimum absolute atomic E-state index is 0.518. The molecule has 0 spiro atoms. The number of hydrogen-bond donors (Lipinski definition) is 1. The maximum Gasteiger partial charge on any atom is 0.0587 e. The van der Waals surface area contributed by atoms with E-state index in [2.05, 4.69) is 24.1 Å². The standard InChI is InChI=1S/C17H34N2O/c1-15-4-7-17(8-5-15,13-18-9-11-20-3)14-19-10-6-16(2)12-19/h15-16,18H,4-14H2,1-3H3. The molecule has 1 unspecified atom stereocenters. The van der Waals surface area contributed by atoms with Gasteiger partial charge in [-0.05, 0) is 43.1 Å². The monoisotopic (exact) mass is 282 g/mol. The fraction of sp³-hybridized carbons (Fsp3) is 1.00. The zero-order chi connectivity index (χ0) is 14.4. The van der Waals surface area contributed by atoms with Crippen LogP contribution in [-0.2, 0) is 4.74 Å². The van der Waals surface area contributed by atoms with Gasteiger partial charge in [-0.25, -0.2) is 0 Å². The maximum absolute atomic E-state index is 5.16. The first-order valence-corrected chi connectivity index (χ1v) is 8.55. The van der Waals surface area contributed by atoms with Crippen molar-refractivity contribution < 1.29 is 4.74 Å². The van der Waals surface area contributed by atoms with Gasteiger partial charge in [0, 0.05) is 33.3 Å². The SMILES string of the molecule is COCCNCC1(CN2CCC(C)C2)CCC(C)CC1. The molecule has 1 heterocycles. The molecule has 0 aromatic heterocycles. The molecule has 3 nitrogen and oxygen atoms in total. The molecule has 2 aliphatic rings. The van der Waals surface area contributed by atoms with E-state index in [9.17, 15) is 0 Å². The first-order chi connectivity index (χ1) is 9.63. The van der Waals surface area contributed by atoms with Crippen molar-refractivity contribution in [3.8, 4) is 0 Å². The topological polar surface area (TPSA) is 24.5 Å². The highest BCUT2D eigenvalue weighted by Gasteiger charge is 2.36. The first-order valence-electron chi connectivity index (χ1n) is 8.55. The number of likely N-dealkylation sites (tertiary alicyclic amines) is 1. The van der Waals surface area contributed by atoms with Gasteiger partial charge >= 0.3 is 0 Å². The van der Waals surface area contributed by atoms with Crippen molar-refractivity contribution in [1.82, 2.24) is 10.2 Å². The molecule has 118 valence electrons. The van der Waals surface area contributed by atoms with Gasteiger partial charge in [-0.3, -0.25) is 0 Å². The molecule has 0 aromatic carbocycles. The van der Waals surface area contributed by atoms with Crippen LogP contribution in [0.2, 0.25) is 0 Å². The summed E-state index contributed by atoms with van der Waals surface area (Å²) in [7, 11) is 1.78. The minimum atomic E-state index is 0.518. The molecule has 0 amide bonds. The number of nitrogens with zero attached hydrogens (tertiary/aromatic N) is 1. The number of methoxy groups -OCH3 is 1. The zero-order valence-corrected chi connectivity index (χ0v) is 13.8. The quantitative estimate of drug-likeness (QED) is 0.727. The van der Waals surface area contributed by atoms with Crippen LogP contribution in [0.4, 0.5) is 0 Å². The lowest BCUT2D eigenvalue weighted by atomic mass is 9.70. The Hall–Kier alpha value is -0.120. The Kier molecular flexibility index (Phi) is 6.31. The molecule has 1 atom stereocenters. The van der Waals surface area contributed by atoms with Crippen LogP contribution in [0.25, 0.3) is 0 Å². The van der Waals surface area contributed by atoms with E-state index >= 15 is 0 Å². The van der Waals surface area contributed by atoms with Crippen LogP contribution in [0.15, 0.2) is 0 Å². The van der Waals surface area contributed by atoms with Crippen molar-refractivity contribution in [2.24, 2.45) is 17.3 Å². The average Bonchev–Trinajstić information content (AvgIpc) is 2.84. The summed E-state index contributed by atoms with van der Waals surface area (Å²) in [6, 6.07) is 0. The van der Waals surface area contributed by atoms with Crippen molar-refractivity contribution in [3.63, 3.8) is 0 Å². The summed E-state index contributed by atoms with van der Waals surface area (Å²) in [5.41, 5.74) is 0.518.